The molecular weight excluding hydrogens is 470 g/mol. The first kappa shape index (κ1) is 23.2. The molecule has 7 nitrogen and oxygen atoms in total. The summed E-state index contributed by atoms with van der Waals surface area (Å²) in [4.78, 5) is 35.0. The summed E-state index contributed by atoms with van der Waals surface area (Å²) in [5, 5.41) is 1.31. The molecule has 4 heterocycles. The number of carbonyl (C=O) groups is 1. The quantitative estimate of drug-likeness (QED) is 0.374. The molecule has 1 saturated heterocycles. The Bertz CT molecular complexity index is 1300. The van der Waals surface area contributed by atoms with Crippen molar-refractivity contribution < 1.29 is 14.3 Å². The minimum atomic E-state index is -0.0180. The molecule has 1 unspecified atom stereocenters. The fourth-order valence-corrected chi connectivity index (χ4v) is 6.73. The number of amides is 1. The molecule has 1 amide bonds. The maximum atomic E-state index is 13.3. The Labute approximate surface area is 207 Å². The number of aromatic nitrogens is 2. The number of nitrogens with zero attached hydrogens (tertiary/aromatic N) is 3. The van der Waals surface area contributed by atoms with Crippen molar-refractivity contribution >= 4 is 39.2 Å². The molecular formula is C25H29N3O4S2. The van der Waals surface area contributed by atoms with Crippen molar-refractivity contribution in [3.05, 3.63) is 44.6 Å². The molecule has 0 radical (unpaired) electrons. The molecule has 0 saturated carbocycles. The van der Waals surface area contributed by atoms with Gasteiger partial charge in [-0.05, 0) is 56.9 Å². The number of rotatable bonds is 5. The summed E-state index contributed by atoms with van der Waals surface area (Å²) in [5.74, 6) is 1.85. The number of benzene rings is 1. The molecule has 0 bridgehead atoms. The first-order valence-corrected chi connectivity index (χ1v) is 13.6. The Morgan fingerprint density at radius 2 is 2.00 bits per heavy atom. The average molecular weight is 500 g/mol. The lowest BCUT2D eigenvalue weighted by molar-refractivity contribution is -0.129. The highest BCUT2D eigenvalue weighted by atomic mass is 32.2. The second-order valence-corrected chi connectivity index (χ2v) is 10.8. The molecule has 0 spiro atoms. The third-order valence-corrected chi connectivity index (χ3v) is 8.69. The largest absolute Gasteiger partial charge is 0.490 e. The zero-order valence-corrected chi connectivity index (χ0v) is 21.4. The van der Waals surface area contributed by atoms with Crippen LogP contribution in [0.15, 0.2) is 28.2 Å². The zero-order chi connectivity index (χ0) is 23.8. The van der Waals surface area contributed by atoms with Crippen LogP contribution in [0.1, 0.15) is 48.2 Å². The summed E-state index contributed by atoms with van der Waals surface area (Å²) in [6.45, 7) is 8.48. The highest BCUT2D eigenvalue weighted by Crippen LogP contribution is 2.38. The van der Waals surface area contributed by atoms with Crippen LogP contribution in [0.2, 0.25) is 0 Å². The Kier molecular flexibility index (Phi) is 6.57. The Morgan fingerprint density at radius 3 is 2.79 bits per heavy atom. The molecule has 1 fully saturated rings. The van der Waals surface area contributed by atoms with Gasteiger partial charge in [0.1, 0.15) is 4.83 Å². The second-order valence-electron chi connectivity index (χ2n) is 8.70. The van der Waals surface area contributed by atoms with Gasteiger partial charge in [-0.1, -0.05) is 17.8 Å². The van der Waals surface area contributed by atoms with Crippen molar-refractivity contribution in [2.45, 2.75) is 57.8 Å². The lowest BCUT2D eigenvalue weighted by atomic mass is 10.0. The van der Waals surface area contributed by atoms with Gasteiger partial charge < -0.3 is 14.4 Å². The van der Waals surface area contributed by atoms with E-state index in [9.17, 15) is 9.59 Å². The van der Waals surface area contributed by atoms with Gasteiger partial charge in [-0.3, -0.25) is 14.2 Å². The average Bonchev–Trinajstić information content (AvgIpc) is 3.34. The minimum Gasteiger partial charge on any atom is -0.490 e. The molecule has 0 N–H and O–H groups in total. The van der Waals surface area contributed by atoms with Gasteiger partial charge in [0.05, 0.1) is 30.4 Å². The summed E-state index contributed by atoms with van der Waals surface area (Å²) < 4.78 is 13.3. The lowest BCUT2D eigenvalue weighted by Gasteiger charge is -2.25. The van der Waals surface area contributed by atoms with Crippen molar-refractivity contribution in [3.63, 3.8) is 0 Å². The van der Waals surface area contributed by atoms with Crippen molar-refractivity contribution in [1.29, 1.82) is 0 Å². The van der Waals surface area contributed by atoms with Crippen molar-refractivity contribution in [1.82, 2.24) is 14.5 Å². The number of aryl methyl sites for hydroxylation is 2. The monoisotopic (exact) mass is 499 g/mol. The molecule has 1 atom stereocenters. The summed E-state index contributed by atoms with van der Waals surface area (Å²) >= 11 is 2.90. The summed E-state index contributed by atoms with van der Waals surface area (Å²) in [7, 11) is 0. The van der Waals surface area contributed by atoms with E-state index in [4.69, 9.17) is 14.5 Å². The van der Waals surface area contributed by atoms with Crippen LogP contribution in [-0.4, -0.2) is 45.9 Å². The van der Waals surface area contributed by atoms with Gasteiger partial charge in [0.2, 0.25) is 5.91 Å². The Hall–Kier alpha value is -2.52. The van der Waals surface area contributed by atoms with Crippen LogP contribution in [0.4, 0.5) is 0 Å². The Morgan fingerprint density at radius 1 is 1.21 bits per heavy atom. The molecule has 5 rings (SSSR count). The molecule has 34 heavy (non-hydrogen) atoms. The van der Waals surface area contributed by atoms with E-state index in [1.807, 2.05) is 43.9 Å². The van der Waals surface area contributed by atoms with E-state index < -0.39 is 0 Å². The van der Waals surface area contributed by atoms with Gasteiger partial charge in [-0.25, -0.2) is 4.98 Å². The minimum absolute atomic E-state index is 0.0180. The fourth-order valence-electron chi connectivity index (χ4n) is 4.71. The summed E-state index contributed by atoms with van der Waals surface area (Å²) in [6.07, 6.45) is 2.75. The van der Waals surface area contributed by atoms with Crippen molar-refractivity contribution in [2.24, 2.45) is 0 Å². The maximum Gasteiger partial charge on any atom is 0.263 e. The van der Waals surface area contributed by atoms with Gasteiger partial charge in [-0.15, -0.1) is 11.3 Å². The number of carbonyl (C=O) groups excluding carboxylic acids is 1. The van der Waals surface area contributed by atoms with E-state index in [0.29, 0.717) is 30.3 Å². The van der Waals surface area contributed by atoms with E-state index in [2.05, 4.69) is 0 Å². The molecule has 9 heteroatoms. The normalized spacial score (nSPS) is 17.9. The second kappa shape index (κ2) is 9.62. The van der Waals surface area contributed by atoms with Crippen LogP contribution >= 0.6 is 23.1 Å². The molecule has 2 aliphatic heterocycles. The van der Waals surface area contributed by atoms with Crippen LogP contribution in [-0.2, 0) is 11.3 Å². The van der Waals surface area contributed by atoms with Gasteiger partial charge in [0, 0.05) is 24.4 Å². The van der Waals surface area contributed by atoms with Crippen LogP contribution in [0.5, 0.6) is 11.5 Å². The first-order chi connectivity index (χ1) is 16.5. The van der Waals surface area contributed by atoms with Gasteiger partial charge >= 0.3 is 0 Å². The first-order valence-electron chi connectivity index (χ1n) is 11.8. The number of likely N-dealkylation sites (tertiary alicyclic amines) is 1. The molecule has 1 aromatic carbocycles. The maximum absolute atomic E-state index is 13.3. The van der Waals surface area contributed by atoms with Gasteiger partial charge in [0.15, 0.2) is 16.7 Å². The number of hydrogen-bond donors (Lipinski definition) is 0. The van der Waals surface area contributed by atoms with E-state index in [0.717, 1.165) is 58.1 Å². The van der Waals surface area contributed by atoms with E-state index in [1.54, 1.807) is 15.9 Å². The van der Waals surface area contributed by atoms with E-state index >= 15 is 0 Å². The number of fused-ring (bicyclic) bond motifs is 2. The zero-order valence-electron chi connectivity index (χ0n) is 19.8. The predicted molar refractivity (Wildman–Crippen MR) is 135 cm³/mol. The Balaban J connectivity index is 1.35. The molecule has 2 aliphatic rings. The van der Waals surface area contributed by atoms with E-state index in [-0.39, 0.29) is 23.3 Å². The van der Waals surface area contributed by atoms with Gasteiger partial charge in [-0.2, -0.15) is 0 Å². The van der Waals surface area contributed by atoms with Crippen LogP contribution in [0.3, 0.4) is 0 Å². The highest BCUT2D eigenvalue weighted by Gasteiger charge is 2.31. The number of ether oxygens (including phenoxy) is 2. The summed E-state index contributed by atoms with van der Waals surface area (Å²) in [5.41, 5.74) is 2.06. The topological polar surface area (TPSA) is 73.7 Å². The third kappa shape index (κ3) is 4.20. The lowest BCUT2D eigenvalue weighted by Crippen LogP contribution is -2.32. The smallest absolute Gasteiger partial charge is 0.263 e. The van der Waals surface area contributed by atoms with Crippen molar-refractivity contribution in [3.8, 4) is 11.5 Å². The van der Waals surface area contributed by atoms with Gasteiger partial charge in [0.25, 0.3) is 5.56 Å². The number of hydrogen-bond acceptors (Lipinski definition) is 7. The molecule has 2 aromatic heterocycles. The number of thioether (sulfide) groups is 1. The van der Waals surface area contributed by atoms with E-state index in [1.165, 1.54) is 11.8 Å². The third-order valence-electron chi connectivity index (χ3n) is 6.62. The van der Waals surface area contributed by atoms with Crippen LogP contribution < -0.4 is 15.0 Å². The van der Waals surface area contributed by atoms with Crippen LogP contribution in [0, 0.1) is 13.8 Å². The molecule has 0 aliphatic carbocycles. The predicted octanol–water partition coefficient (Wildman–Crippen LogP) is 4.71. The SMILES string of the molecule is CCn1c(SCC(=O)N2CCCC2c2ccc3c(c2)OCCCO3)nc2sc(C)c(C)c2c1=O. The highest BCUT2D eigenvalue weighted by molar-refractivity contribution is 7.99. The standard InChI is InChI=1S/C25H29N3O4S2/c1-4-27-24(30)22-15(2)16(3)34-23(22)26-25(27)33-14-21(29)28-10-5-7-18(28)17-8-9-19-20(13-17)32-12-6-11-31-19/h8-9,13,18H,4-7,10-12,14H2,1-3H3. The molecule has 3 aromatic rings. The number of thiophene rings is 1. The molecule has 180 valence electrons. The fraction of sp³-hybridized carbons (Fsp3) is 0.480. The van der Waals surface area contributed by atoms with Crippen molar-refractivity contribution in [2.75, 3.05) is 25.5 Å². The van der Waals surface area contributed by atoms with Crippen LogP contribution in [0.25, 0.3) is 10.2 Å². The summed E-state index contributed by atoms with van der Waals surface area (Å²) in [6, 6.07) is 6.05.